The third kappa shape index (κ3) is 2.80. The monoisotopic (exact) mass is 351 g/mol. The standard InChI is InChI=1S/C11H14ClN3O4S2/c12-11-9(15(16)17)6-10(20-11)21(18,19)13-7-3-5-14-4-1-2-8(7)14/h6-8,13H,1-5H2. The van der Waals surface area contributed by atoms with E-state index in [1.54, 1.807) is 0 Å². The number of nitro groups is 1. The Hall–Kier alpha value is -0.740. The second kappa shape index (κ2) is 5.47. The molecular weight excluding hydrogens is 338 g/mol. The first-order chi connectivity index (χ1) is 9.88. The Labute approximate surface area is 131 Å². The highest BCUT2D eigenvalue weighted by atomic mass is 35.5. The van der Waals surface area contributed by atoms with E-state index in [0.29, 0.717) is 0 Å². The molecule has 2 atom stereocenters. The van der Waals surface area contributed by atoms with Gasteiger partial charge in [-0.2, -0.15) is 0 Å². The molecule has 3 rings (SSSR count). The molecule has 0 bridgehead atoms. The summed E-state index contributed by atoms with van der Waals surface area (Å²) in [6.45, 7) is 1.91. The second-order valence-corrected chi connectivity index (χ2v) is 8.84. The van der Waals surface area contributed by atoms with Crippen molar-refractivity contribution in [1.29, 1.82) is 0 Å². The smallest absolute Gasteiger partial charge is 0.299 e. The van der Waals surface area contributed by atoms with Gasteiger partial charge in [0.1, 0.15) is 4.21 Å². The maximum Gasteiger partial charge on any atom is 0.300 e. The Morgan fingerprint density at radius 2 is 2.19 bits per heavy atom. The second-order valence-electron chi connectivity index (χ2n) is 5.24. The van der Waals surface area contributed by atoms with E-state index in [0.717, 1.165) is 49.8 Å². The Kier molecular flexibility index (Phi) is 3.95. The third-order valence-electron chi connectivity index (χ3n) is 4.02. The highest BCUT2D eigenvalue weighted by Gasteiger charge is 2.39. The quantitative estimate of drug-likeness (QED) is 0.659. The summed E-state index contributed by atoms with van der Waals surface area (Å²) in [4.78, 5) is 12.4. The number of rotatable bonds is 4. The van der Waals surface area contributed by atoms with Gasteiger partial charge in [0.05, 0.1) is 4.92 Å². The molecule has 1 aromatic rings. The van der Waals surface area contributed by atoms with Crippen molar-refractivity contribution in [1.82, 2.24) is 9.62 Å². The molecule has 0 spiro atoms. The molecule has 7 nitrogen and oxygen atoms in total. The number of fused-ring (bicyclic) bond motifs is 1. The summed E-state index contributed by atoms with van der Waals surface area (Å²) in [5, 5.41) is 10.8. The molecule has 116 valence electrons. The summed E-state index contributed by atoms with van der Waals surface area (Å²) in [5.41, 5.74) is -0.365. The Balaban J connectivity index is 1.81. The minimum absolute atomic E-state index is 0.101. The minimum Gasteiger partial charge on any atom is -0.299 e. The summed E-state index contributed by atoms with van der Waals surface area (Å²) in [6.07, 6.45) is 2.84. The topological polar surface area (TPSA) is 92.5 Å². The van der Waals surface area contributed by atoms with Crippen molar-refractivity contribution in [2.24, 2.45) is 0 Å². The lowest BCUT2D eigenvalue weighted by Crippen LogP contribution is -2.42. The fourth-order valence-corrected chi connectivity index (χ4v) is 6.06. The minimum atomic E-state index is -3.76. The molecule has 0 aliphatic carbocycles. The molecule has 2 aliphatic heterocycles. The molecule has 0 saturated carbocycles. The van der Waals surface area contributed by atoms with Gasteiger partial charge in [0.25, 0.3) is 15.7 Å². The van der Waals surface area contributed by atoms with Gasteiger partial charge in [-0.15, -0.1) is 11.3 Å². The molecule has 1 N–H and O–H groups in total. The van der Waals surface area contributed by atoms with Gasteiger partial charge >= 0.3 is 0 Å². The molecule has 3 heterocycles. The van der Waals surface area contributed by atoms with Crippen LogP contribution in [0.1, 0.15) is 19.3 Å². The number of hydrogen-bond acceptors (Lipinski definition) is 6. The number of thiophene rings is 1. The Morgan fingerprint density at radius 3 is 2.86 bits per heavy atom. The SMILES string of the molecule is O=[N+]([O-])c1cc(S(=O)(=O)NC2CCN3CCCC23)sc1Cl. The summed E-state index contributed by atoms with van der Waals surface area (Å²) in [6, 6.07) is 1.14. The number of hydrogen-bond donors (Lipinski definition) is 1. The average Bonchev–Trinajstić information content (AvgIpc) is 3.05. The normalized spacial score (nSPS) is 26.1. The molecule has 0 aromatic carbocycles. The number of nitrogens with zero attached hydrogens (tertiary/aromatic N) is 2. The molecule has 2 saturated heterocycles. The van der Waals surface area contributed by atoms with Gasteiger partial charge in [-0.25, -0.2) is 13.1 Å². The van der Waals surface area contributed by atoms with E-state index in [4.69, 9.17) is 11.6 Å². The number of sulfonamides is 1. The first-order valence-corrected chi connectivity index (χ1v) is 9.26. The zero-order valence-electron chi connectivity index (χ0n) is 11.0. The summed E-state index contributed by atoms with van der Waals surface area (Å²) in [5.74, 6) is 0. The van der Waals surface area contributed by atoms with Gasteiger partial charge in [-0.05, 0) is 25.8 Å². The summed E-state index contributed by atoms with van der Waals surface area (Å²) < 4.78 is 27.2. The van der Waals surface area contributed by atoms with E-state index in [1.807, 2.05) is 0 Å². The van der Waals surface area contributed by atoms with Crippen LogP contribution < -0.4 is 4.72 Å². The van der Waals surface area contributed by atoms with E-state index in [9.17, 15) is 18.5 Å². The van der Waals surface area contributed by atoms with Crippen LogP contribution in [0.25, 0.3) is 0 Å². The van der Waals surface area contributed by atoms with Gasteiger partial charge in [0, 0.05) is 24.7 Å². The van der Waals surface area contributed by atoms with Crippen molar-refractivity contribution in [3.05, 3.63) is 20.5 Å². The van der Waals surface area contributed by atoms with Crippen molar-refractivity contribution < 1.29 is 13.3 Å². The maximum atomic E-state index is 12.4. The number of halogens is 1. The van der Waals surface area contributed by atoms with Gasteiger partial charge in [-0.1, -0.05) is 11.6 Å². The number of nitrogens with one attached hydrogen (secondary N) is 1. The van der Waals surface area contributed by atoms with Gasteiger partial charge in [0.15, 0.2) is 4.34 Å². The van der Waals surface area contributed by atoms with Crippen LogP contribution in [-0.2, 0) is 10.0 Å². The van der Waals surface area contributed by atoms with Gasteiger partial charge in [-0.3, -0.25) is 15.0 Å². The lowest BCUT2D eigenvalue weighted by atomic mass is 10.1. The molecule has 2 aliphatic rings. The zero-order valence-corrected chi connectivity index (χ0v) is 13.4. The van der Waals surface area contributed by atoms with Crippen LogP contribution in [0.3, 0.4) is 0 Å². The zero-order chi connectivity index (χ0) is 15.2. The average molecular weight is 352 g/mol. The maximum absolute atomic E-state index is 12.4. The van der Waals surface area contributed by atoms with Crippen LogP contribution in [0.4, 0.5) is 5.69 Å². The van der Waals surface area contributed by atoms with Crippen molar-refractivity contribution in [2.75, 3.05) is 13.1 Å². The Morgan fingerprint density at radius 1 is 1.43 bits per heavy atom. The van der Waals surface area contributed by atoms with Crippen molar-refractivity contribution in [2.45, 2.75) is 35.6 Å². The lowest BCUT2D eigenvalue weighted by Gasteiger charge is -2.20. The molecule has 1 aromatic heterocycles. The van der Waals surface area contributed by atoms with E-state index >= 15 is 0 Å². The first kappa shape index (κ1) is 15.2. The van der Waals surface area contributed by atoms with Crippen molar-refractivity contribution in [3.63, 3.8) is 0 Å². The molecular formula is C11H14ClN3O4S2. The fraction of sp³-hybridized carbons (Fsp3) is 0.636. The largest absolute Gasteiger partial charge is 0.300 e. The van der Waals surface area contributed by atoms with Gasteiger partial charge < -0.3 is 0 Å². The van der Waals surface area contributed by atoms with Crippen LogP contribution >= 0.6 is 22.9 Å². The van der Waals surface area contributed by atoms with E-state index in [-0.39, 0.29) is 26.3 Å². The molecule has 2 fully saturated rings. The van der Waals surface area contributed by atoms with E-state index in [2.05, 4.69) is 9.62 Å². The van der Waals surface area contributed by atoms with Crippen LogP contribution in [0, 0.1) is 10.1 Å². The van der Waals surface area contributed by atoms with Crippen LogP contribution in [0.2, 0.25) is 4.34 Å². The predicted octanol–water partition coefficient (Wildman–Crippen LogP) is 1.82. The van der Waals surface area contributed by atoms with Crippen LogP contribution in [0.15, 0.2) is 10.3 Å². The lowest BCUT2D eigenvalue weighted by molar-refractivity contribution is -0.384. The Bertz CT molecular complexity index is 675. The van der Waals surface area contributed by atoms with E-state index < -0.39 is 14.9 Å². The van der Waals surface area contributed by atoms with E-state index in [1.165, 1.54) is 0 Å². The summed E-state index contributed by atoms with van der Waals surface area (Å²) in [7, 11) is -3.76. The van der Waals surface area contributed by atoms with Gasteiger partial charge in [0.2, 0.25) is 0 Å². The fourth-order valence-electron chi connectivity index (χ4n) is 3.07. The molecule has 0 radical (unpaired) electrons. The highest BCUT2D eigenvalue weighted by Crippen LogP contribution is 2.37. The molecule has 10 heteroatoms. The third-order valence-corrected chi connectivity index (χ3v) is 7.32. The van der Waals surface area contributed by atoms with Crippen LogP contribution in [-0.4, -0.2) is 43.4 Å². The first-order valence-electron chi connectivity index (χ1n) is 6.58. The molecule has 21 heavy (non-hydrogen) atoms. The van der Waals surface area contributed by atoms with Crippen LogP contribution in [0.5, 0.6) is 0 Å². The van der Waals surface area contributed by atoms with Crippen molar-refractivity contribution in [3.8, 4) is 0 Å². The molecule has 2 unspecified atom stereocenters. The summed E-state index contributed by atoms with van der Waals surface area (Å²) >= 11 is 6.45. The predicted molar refractivity (Wildman–Crippen MR) is 79.3 cm³/mol. The molecule has 0 amide bonds. The van der Waals surface area contributed by atoms with Crippen molar-refractivity contribution >= 4 is 38.6 Å². The highest BCUT2D eigenvalue weighted by molar-refractivity contribution is 7.91.